The maximum atomic E-state index is 6.22. The van der Waals surface area contributed by atoms with Gasteiger partial charge in [0, 0.05) is 11.0 Å². The lowest BCUT2D eigenvalue weighted by Crippen LogP contribution is -2.10. The van der Waals surface area contributed by atoms with Crippen molar-refractivity contribution in [2.75, 3.05) is 22.9 Å². The molecule has 1 heterocycles. The number of para-hydroxylation sites is 1. The number of nitrogens with one attached hydrogen (secondary N) is 2. The Labute approximate surface area is 150 Å². The zero-order valence-corrected chi connectivity index (χ0v) is 15.1. The van der Waals surface area contributed by atoms with Crippen LogP contribution in [0.15, 0.2) is 46.7 Å². The molecule has 1 aliphatic rings. The Morgan fingerprint density at radius 2 is 1.96 bits per heavy atom. The van der Waals surface area contributed by atoms with Crippen molar-refractivity contribution in [1.29, 1.82) is 0 Å². The first-order valence-electron chi connectivity index (χ1n) is 8.28. The highest BCUT2D eigenvalue weighted by atomic mass is 79.9. The summed E-state index contributed by atoms with van der Waals surface area (Å²) in [5.41, 5.74) is 9.21. The van der Waals surface area contributed by atoms with E-state index in [1.165, 1.54) is 37.6 Å². The smallest absolute Gasteiger partial charge is 0.159 e. The molecule has 0 atom stereocenters. The third kappa shape index (κ3) is 4.26. The molecule has 0 radical (unpaired) electrons. The molecule has 3 rings (SSSR count). The number of allylic oxidation sites excluding steroid dienone is 1. The lowest BCUT2D eigenvalue weighted by molar-refractivity contribution is 0.679. The number of nitrogen functional groups attached to an aromatic ring is 1. The highest BCUT2D eigenvalue weighted by Crippen LogP contribution is 2.29. The minimum Gasteiger partial charge on any atom is -0.393 e. The molecule has 0 aliphatic heterocycles. The largest absolute Gasteiger partial charge is 0.393 e. The summed E-state index contributed by atoms with van der Waals surface area (Å²) in [5, 5.41) is 6.58. The van der Waals surface area contributed by atoms with Gasteiger partial charge in [0.25, 0.3) is 0 Å². The van der Waals surface area contributed by atoms with Gasteiger partial charge in [-0.2, -0.15) is 0 Å². The molecular weight excluding hydrogens is 366 g/mol. The van der Waals surface area contributed by atoms with Gasteiger partial charge in [-0.3, -0.25) is 0 Å². The van der Waals surface area contributed by atoms with Crippen LogP contribution in [0.4, 0.5) is 23.0 Å². The number of benzene rings is 1. The van der Waals surface area contributed by atoms with Crippen molar-refractivity contribution >= 4 is 38.9 Å². The molecule has 0 fully saturated rings. The molecule has 6 heteroatoms. The number of anilines is 4. The topological polar surface area (TPSA) is 75.9 Å². The van der Waals surface area contributed by atoms with E-state index in [9.17, 15) is 0 Å². The Balaban J connectivity index is 1.64. The van der Waals surface area contributed by atoms with Crippen LogP contribution in [0.25, 0.3) is 0 Å². The number of halogens is 1. The van der Waals surface area contributed by atoms with Crippen LogP contribution in [0.3, 0.4) is 0 Å². The average molecular weight is 388 g/mol. The van der Waals surface area contributed by atoms with E-state index in [1.54, 1.807) is 0 Å². The Morgan fingerprint density at radius 3 is 2.75 bits per heavy atom. The van der Waals surface area contributed by atoms with Gasteiger partial charge in [0.15, 0.2) is 11.6 Å². The molecule has 2 aromatic rings. The van der Waals surface area contributed by atoms with Crippen LogP contribution in [-0.4, -0.2) is 16.5 Å². The first-order valence-corrected chi connectivity index (χ1v) is 9.07. The maximum Gasteiger partial charge on any atom is 0.159 e. The standard InChI is InChI=1S/C18H22BrN5/c19-14-8-4-5-9-15(14)24-18-16(20)17(22-12-23-18)21-11-10-13-6-2-1-3-7-13/h4-6,8-9,12H,1-3,7,10-11,20H2,(H2,21,22,23,24). The van der Waals surface area contributed by atoms with E-state index in [4.69, 9.17) is 5.73 Å². The molecule has 1 aromatic heterocycles. The van der Waals surface area contributed by atoms with Crippen LogP contribution in [-0.2, 0) is 0 Å². The molecular formula is C18H22BrN5. The Bertz CT molecular complexity index is 729. The zero-order valence-electron chi connectivity index (χ0n) is 13.6. The average Bonchev–Trinajstić information content (AvgIpc) is 2.61. The van der Waals surface area contributed by atoms with Crippen molar-refractivity contribution in [3.63, 3.8) is 0 Å². The number of hydrogen-bond acceptors (Lipinski definition) is 5. The number of hydrogen-bond donors (Lipinski definition) is 3. The molecule has 0 unspecified atom stereocenters. The van der Waals surface area contributed by atoms with Crippen molar-refractivity contribution in [3.8, 4) is 0 Å². The molecule has 0 amide bonds. The SMILES string of the molecule is Nc1c(NCCC2=CCCCC2)ncnc1Nc1ccccc1Br. The molecule has 24 heavy (non-hydrogen) atoms. The predicted octanol–water partition coefficient (Wildman–Crippen LogP) is 4.87. The summed E-state index contributed by atoms with van der Waals surface area (Å²) in [5.74, 6) is 1.28. The van der Waals surface area contributed by atoms with E-state index in [1.807, 2.05) is 24.3 Å². The molecule has 1 aliphatic carbocycles. The molecule has 5 nitrogen and oxygen atoms in total. The summed E-state index contributed by atoms with van der Waals surface area (Å²) in [6.45, 7) is 0.835. The quantitative estimate of drug-likeness (QED) is 0.616. The Kier molecular flexibility index (Phi) is 5.69. The fourth-order valence-corrected chi connectivity index (χ4v) is 3.18. The van der Waals surface area contributed by atoms with Crippen LogP contribution in [0.1, 0.15) is 32.1 Å². The van der Waals surface area contributed by atoms with Crippen LogP contribution < -0.4 is 16.4 Å². The van der Waals surface area contributed by atoms with Gasteiger partial charge >= 0.3 is 0 Å². The first kappa shape index (κ1) is 16.8. The molecule has 0 saturated carbocycles. The third-order valence-electron chi connectivity index (χ3n) is 4.13. The van der Waals surface area contributed by atoms with E-state index in [0.29, 0.717) is 17.3 Å². The van der Waals surface area contributed by atoms with Gasteiger partial charge < -0.3 is 16.4 Å². The van der Waals surface area contributed by atoms with E-state index in [0.717, 1.165) is 23.1 Å². The van der Waals surface area contributed by atoms with E-state index < -0.39 is 0 Å². The minimum absolute atomic E-state index is 0.533. The van der Waals surface area contributed by atoms with Gasteiger partial charge in [-0.15, -0.1) is 0 Å². The Hall–Kier alpha value is -2.08. The first-order chi connectivity index (χ1) is 11.7. The van der Waals surface area contributed by atoms with E-state index >= 15 is 0 Å². The Morgan fingerprint density at radius 1 is 1.12 bits per heavy atom. The molecule has 0 spiro atoms. The second-order valence-electron chi connectivity index (χ2n) is 5.87. The van der Waals surface area contributed by atoms with Crippen LogP contribution >= 0.6 is 15.9 Å². The van der Waals surface area contributed by atoms with Gasteiger partial charge in [-0.25, -0.2) is 9.97 Å². The van der Waals surface area contributed by atoms with Gasteiger partial charge in [-0.05, 0) is 60.2 Å². The van der Waals surface area contributed by atoms with Crippen molar-refractivity contribution in [3.05, 3.63) is 46.7 Å². The van der Waals surface area contributed by atoms with Crippen LogP contribution in [0.5, 0.6) is 0 Å². The number of nitrogens with two attached hydrogens (primary N) is 1. The lowest BCUT2D eigenvalue weighted by atomic mass is 9.97. The highest BCUT2D eigenvalue weighted by molar-refractivity contribution is 9.10. The molecule has 4 N–H and O–H groups in total. The second-order valence-corrected chi connectivity index (χ2v) is 6.73. The fraction of sp³-hybridized carbons (Fsp3) is 0.333. The van der Waals surface area contributed by atoms with Crippen molar-refractivity contribution in [2.24, 2.45) is 0 Å². The molecule has 0 bridgehead atoms. The number of aromatic nitrogens is 2. The van der Waals surface area contributed by atoms with E-state index in [-0.39, 0.29) is 0 Å². The van der Waals surface area contributed by atoms with Crippen molar-refractivity contribution < 1.29 is 0 Å². The minimum atomic E-state index is 0.533. The lowest BCUT2D eigenvalue weighted by Gasteiger charge is -2.15. The highest BCUT2D eigenvalue weighted by Gasteiger charge is 2.10. The fourth-order valence-electron chi connectivity index (χ4n) is 2.80. The normalized spacial score (nSPS) is 14.1. The molecule has 126 valence electrons. The van der Waals surface area contributed by atoms with Gasteiger partial charge in [0.1, 0.15) is 12.0 Å². The summed E-state index contributed by atoms with van der Waals surface area (Å²) in [7, 11) is 0. The summed E-state index contributed by atoms with van der Waals surface area (Å²) in [6, 6.07) is 7.86. The van der Waals surface area contributed by atoms with Gasteiger partial charge in [0.2, 0.25) is 0 Å². The predicted molar refractivity (Wildman–Crippen MR) is 104 cm³/mol. The summed E-state index contributed by atoms with van der Waals surface area (Å²) in [4.78, 5) is 8.52. The van der Waals surface area contributed by atoms with Crippen LogP contribution in [0, 0.1) is 0 Å². The van der Waals surface area contributed by atoms with Crippen LogP contribution in [0.2, 0.25) is 0 Å². The second kappa shape index (κ2) is 8.15. The third-order valence-corrected chi connectivity index (χ3v) is 4.83. The monoisotopic (exact) mass is 387 g/mol. The zero-order chi connectivity index (χ0) is 16.8. The molecule has 1 aromatic carbocycles. The van der Waals surface area contributed by atoms with E-state index in [2.05, 4.69) is 42.6 Å². The van der Waals surface area contributed by atoms with Crippen molar-refractivity contribution in [1.82, 2.24) is 9.97 Å². The summed E-state index contributed by atoms with van der Waals surface area (Å²) < 4.78 is 0.960. The maximum absolute atomic E-state index is 6.22. The molecule has 0 saturated heterocycles. The summed E-state index contributed by atoms with van der Waals surface area (Å²) in [6.07, 6.45) is 9.99. The van der Waals surface area contributed by atoms with Gasteiger partial charge in [0.05, 0.1) is 5.69 Å². The number of rotatable bonds is 6. The van der Waals surface area contributed by atoms with Gasteiger partial charge in [-0.1, -0.05) is 23.8 Å². The summed E-state index contributed by atoms with van der Waals surface area (Å²) >= 11 is 3.51. The number of nitrogens with zero attached hydrogens (tertiary/aromatic N) is 2. The van der Waals surface area contributed by atoms with Crippen molar-refractivity contribution in [2.45, 2.75) is 32.1 Å².